The number of aromatic nitrogens is 4. The number of fused-ring (bicyclic) bond motifs is 1. The van der Waals surface area contributed by atoms with Gasteiger partial charge in [0.05, 0.1) is 24.4 Å². The summed E-state index contributed by atoms with van der Waals surface area (Å²) in [6.07, 6.45) is -4.73. The molecule has 0 aliphatic carbocycles. The molecular formula is C19H20F3N5O3S. The van der Waals surface area contributed by atoms with Gasteiger partial charge in [0, 0.05) is 16.9 Å². The smallest absolute Gasteiger partial charge is 0.433 e. The molecule has 8 nitrogen and oxygen atoms in total. The Bertz CT molecular complexity index is 1130. The first kappa shape index (κ1) is 22.7. The van der Waals surface area contributed by atoms with Crippen molar-refractivity contribution in [1.82, 2.24) is 19.6 Å². The van der Waals surface area contributed by atoms with E-state index >= 15 is 0 Å². The van der Waals surface area contributed by atoms with Gasteiger partial charge in [-0.1, -0.05) is 20.8 Å². The lowest BCUT2D eigenvalue weighted by Crippen LogP contribution is -2.20. The number of rotatable bonds is 5. The lowest BCUT2D eigenvalue weighted by Gasteiger charge is -2.19. The maximum atomic E-state index is 13.6. The minimum atomic E-state index is -4.68. The number of esters is 1. The molecule has 0 fully saturated rings. The van der Waals surface area contributed by atoms with Gasteiger partial charge in [0.15, 0.2) is 16.5 Å². The minimum absolute atomic E-state index is 0.0526. The summed E-state index contributed by atoms with van der Waals surface area (Å²) >= 11 is 1.07. The van der Waals surface area contributed by atoms with Crippen molar-refractivity contribution >= 4 is 34.0 Å². The van der Waals surface area contributed by atoms with Gasteiger partial charge in [-0.05, 0) is 13.0 Å². The molecule has 0 radical (unpaired) electrons. The molecule has 1 amide bonds. The van der Waals surface area contributed by atoms with Crippen molar-refractivity contribution in [2.24, 2.45) is 0 Å². The number of halogens is 3. The fourth-order valence-corrected chi connectivity index (χ4v) is 3.34. The zero-order valence-electron chi connectivity index (χ0n) is 17.2. The van der Waals surface area contributed by atoms with Crippen LogP contribution in [0.15, 0.2) is 17.5 Å². The average molecular weight is 455 g/mol. The van der Waals surface area contributed by atoms with Gasteiger partial charge >= 0.3 is 12.1 Å². The zero-order chi connectivity index (χ0) is 23.0. The van der Waals surface area contributed by atoms with Gasteiger partial charge in [-0.3, -0.25) is 14.9 Å². The van der Waals surface area contributed by atoms with Gasteiger partial charge < -0.3 is 4.74 Å². The summed E-state index contributed by atoms with van der Waals surface area (Å²) in [7, 11) is 0. The zero-order valence-corrected chi connectivity index (χ0v) is 18.0. The third-order valence-corrected chi connectivity index (χ3v) is 4.93. The van der Waals surface area contributed by atoms with Gasteiger partial charge in [-0.15, -0.1) is 11.3 Å². The number of anilines is 1. The number of thiazole rings is 1. The molecule has 12 heteroatoms. The van der Waals surface area contributed by atoms with Crippen molar-refractivity contribution in [3.05, 3.63) is 40.3 Å². The predicted molar refractivity (Wildman–Crippen MR) is 107 cm³/mol. The highest BCUT2D eigenvalue weighted by molar-refractivity contribution is 7.14. The Morgan fingerprint density at radius 2 is 1.90 bits per heavy atom. The number of ether oxygens (including phenoxy) is 1. The number of nitrogens with one attached hydrogen (secondary N) is 1. The summed E-state index contributed by atoms with van der Waals surface area (Å²) in [5, 5.41) is 8.04. The SMILES string of the molecule is CCOC(=O)Cc1csc(NC(=O)c2cc3nc(C(C)(C)C)cc(C(F)(F)F)n3n2)n1. The lowest BCUT2D eigenvalue weighted by atomic mass is 9.91. The summed E-state index contributed by atoms with van der Waals surface area (Å²) < 4.78 is 46.2. The fourth-order valence-electron chi connectivity index (χ4n) is 2.64. The molecule has 0 saturated carbocycles. The largest absolute Gasteiger partial charge is 0.466 e. The molecule has 0 aliphatic rings. The van der Waals surface area contributed by atoms with Crippen LogP contribution in [0, 0.1) is 0 Å². The maximum absolute atomic E-state index is 13.6. The van der Waals surface area contributed by atoms with Gasteiger partial charge in [0.1, 0.15) is 5.69 Å². The molecule has 3 aromatic heterocycles. The number of carbonyl (C=O) groups is 2. The van der Waals surface area contributed by atoms with Gasteiger partial charge in [-0.25, -0.2) is 14.5 Å². The highest BCUT2D eigenvalue weighted by Gasteiger charge is 2.36. The van der Waals surface area contributed by atoms with E-state index < -0.39 is 29.2 Å². The maximum Gasteiger partial charge on any atom is 0.433 e. The summed E-state index contributed by atoms with van der Waals surface area (Å²) in [5.74, 6) is -1.19. The molecule has 0 aliphatic heterocycles. The molecule has 0 aromatic carbocycles. The standard InChI is InChI=1S/C19H20F3N5O3S/c1-5-30-15(28)6-10-9-31-17(23-10)25-16(29)11-7-14-24-12(18(2,3)4)8-13(19(20,21)22)27(14)26-11/h7-9H,5-6H2,1-4H3,(H,23,25,29). The van der Waals surface area contributed by atoms with E-state index in [2.05, 4.69) is 20.4 Å². The molecule has 3 heterocycles. The Morgan fingerprint density at radius 1 is 1.19 bits per heavy atom. The van der Waals surface area contributed by atoms with Crippen LogP contribution in [0.5, 0.6) is 0 Å². The van der Waals surface area contributed by atoms with Gasteiger partial charge in [0.25, 0.3) is 5.91 Å². The summed E-state index contributed by atoms with van der Waals surface area (Å²) in [6.45, 7) is 7.15. The van der Waals surface area contributed by atoms with Crippen molar-refractivity contribution in [3.8, 4) is 0 Å². The first-order chi connectivity index (χ1) is 14.4. The van der Waals surface area contributed by atoms with Crippen LogP contribution in [0.2, 0.25) is 0 Å². The molecule has 0 unspecified atom stereocenters. The summed E-state index contributed by atoms with van der Waals surface area (Å²) in [5.41, 5.74) is -1.36. The molecule has 0 spiro atoms. The van der Waals surface area contributed by atoms with Crippen LogP contribution in [-0.4, -0.2) is 38.1 Å². The molecule has 0 bridgehead atoms. The van der Waals surface area contributed by atoms with Crippen LogP contribution in [-0.2, 0) is 27.5 Å². The van der Waals surface area contributed by atoms with Crippen molar-refractivity contribution in [3.63, 3.8) is 0 Å². The number of alkyl halides is 3. The molecule has 0 atom stereocenters. The van der Waals surface area contributed by atoms with Crippen LogP contribution in [0.1, 0.15) is 55.3 Å². The van der Waals surface area contributed by atoms with Crippen molar-refractivity contribution < 1.29 is 27.5 Å². The van der Waals surface area contributed by atoms with Crippen molar-refractivity contribution in [1.29, 1.82) is 0 Å². The monoisotopic (exact) mass is 455 g/mol. The Labute approximate surface area is 179 Å². The quantitative estimate of drug-likeness (QED) is 0.587. The van der Waals surface area contributed by atoms with Gasteiger partial charge in [0.2, 0.25) is 0 Å². The number of hydrogen-bond acceptors (Lipinski definition) is 7. The van der Waals surface area contributed by atoms with Crippen LogP contribution in [0.3, 0.4) is 0 Å². The third-order valence-electron chi connectivity index (χ3n) is 4.12. The number of hydrogen-bond donors (Lipinski definition) is 1. The van der Waals surface area contributed by atoms with E-state index in [1.807, 2.05) is 0 Å². The van der Waals surface area contributed by atoms with Crippen LogP contribution in [0.25, 0.3) is 5.65 Å². The van der Waals surface area contributed by atoms with Crippen molar-refractivity contribution in [2.75, 3.05) is 11.9 Å². The number of nitrogens with zero attached hydrogens (tertiary/aromatic N) is 4. The van der Waals surface area contributed by atoms with E-state index in [4.69, 9.17) is 4.74 Å². The van der Waals surface area contributed by atoms with E-state index in [0.29, 0.717) is 10.2 Å². The minimum Gasteiger partial charge on any atom is -0.466 e. The van der Waals surface area contributed by atoms with Crippen LogP contribution < -0.4 is 5.32 Å². The summed E-state index contributed by atoms with van der Waals surface area (Å²) in [6, 6.07) is 2.12. The van der Waals surface area contributed by atoms with E-state index in [1.165, 1.54) is 6.07 Å². The summed E-state index contributed by atoms with van der Waals surface area (Å²) in [4.78, 5) is 32.4. The first-order valence-electron chi connectivity index (χ1n) is 9.28. The van der Waals surface area contributed by atoms with E-state index in [9.17, 15) is 22.8 Å². The normalized spacial score (nSPS) is 12.2. The molecular weight excluding hydrogens is 435 g/mol. The number of amides is 1. The lowest BCUT2D eigenvalue weighted by molar-refractivity contribution is -0.143. The first-order valence-corrected chi connectivity index (χ1v) is 10.2. The highest BCUT2D eigenvalue weighted by atomic mass is 32.1. The Hall–Kier alpha value is -3.02. The molecule has 3 rings (SSSR count). The average Bonchev–Trinajstić information content (AvgIpc) is 3.25. The molecule has 3 aromatic rings. The number of carbonyl (C=O) groups excluding carboxylic acids is 2. The molecule has 166 valence electrons. The van der Waals surface area contributed by atoms with E-state index in [0.717, 1.165) is 17.4 Å². The van der Waals surface area contributed by atoms with Crippen LogP contribution >= 0.6 is 11.3 Å². The van der Waals surface area contributed by atoms with E-state index in [-0.39, 0.29) is 35.2 Å². The Morgan fingerprint density at radius 3 is 2.52 bits per heavy atom. The molecule has 31 heavy (non-hydrogen) atoms. The highest BCUT2D eigenvalue weighted by Crippen LogP contribution is 2.32. The van der Waals surface area contributed by atoms with Crippen molar-refractivity contribution in [2.45, 2.75) is 45.7 Å². The Balaban J connectivity index is 1.89. The second kappa shape index (κ2) is 8.25. The molecule has 0 saturated heterocycles. The van der Waals surface area contributed by atoms with Gasteiger partial charge in [-0.2, -0.15) is 18.3 Å². The second-order valence-corrected chi connectivity index (χ2v) is 8.51. The predicted octanol–water partition coefficient (Wildman–Crippen LogP) is 3.86. The molecule has 1 N–H and O–H groups in total. The third kappa shape index (κ3) is 5.19. The topological polar surface area (TPSA) is 98.5 Å². The van der Waals surface area contributed by atoms with Crippen LogP contribution in [0.4, 0.5) is 18.3 Å². The van der Waals surface area contributed by atoms with E-state index in [1.54, 1.807) is 33.1 Å². The second-order valence-electron chi connectivity index (χ2n) is 7.65. The Kier molecular flexibility index (Phi) is 6.03. The fraction of sp³-hybridized carbons (Fsp3) is 0.421.